The van der Waals surface area contributed by atoms with E-state index in [1.54, 1.807) is 25.1 Å². The van der Waals surface area contributed by atoms with Crippen LogP contribution in [0, 0.1) is 12.7 Å². The van der Waals surface area contributed by atoms with Crippen molar-refractivity contribution < 1.29 is 22.4 Å². The van der Waals surface area contributed by atoms with Crippen molar-refractivity contribution in [2.75, 3.05) is 23.7 Å². The topological polar surface area (TPSA) is 86.8 Å². The standard InChI is InChI=1S/C24H31ClFN3O4S/c1-5-6-13-27-24(31)18(3)28(15-19-9-7-8-10-22(19)26)23(30)16-29(34(4,32)33)20-12-11-17(2)21(25)14-20/h7-12,14,18H,5-6,13,15-16H2,1-4H3,(H,27,31). The lowest BCUT2D eigenvalue weighted by molar-refractivity contribution is -0.139. The second kappa shape index (κ2) is 12.2. The third-order valence-corrected chi connectivity index (χ3v) is 6.97. The molecule has 0 aliphatic heterocycles. The first-order valence-electron chi connectivity index (χ1n) is 11.0. The molecule has 0 fully saturated rings. The summed E-state index contributed by atoms with van der Waals surface area (Å²) in [6.45, 7) is 4.98. The van der Waals surface area contributed by atoms with E-state index in [-0.39, 0.29) is 17.8 Å². The number of halogens is 2. The van der Waals surface area contributed by atoms with Crippen LogP contribution in [-0.4, -0.2) is 50.5 Å². The van der Waals surface area contributed by atoms with E-state index >= 15 is 0 Å². The summed E-state index contributed by atoms with van der Waals surface area (Å²) in [5, 5.41) is 3.12. The first-order valence-corrected chi connectivity index (χ1v) is 13.2. The van der Waals surface area contributed by atoms with Crippen molar-refractivity contribution in [2.45, 2.75) is 46.2 Å². The summed E-state index contributed by atoms with van der Waals surface area (Å²) in [5.74, 6) is -1.57. The Morgan fingerprint density at radius 2 is 1.85 bits per heavy atom. The molecule has 1 atom stereocenters. The van der Waals surface area contributed by atoms with Gasteiger partial charge in [0.05, 0.1) is 11.9 Å². The Balaban J connectivity index is 2.38. The van der Waals surface area contributed by atoms with Crippen molar-refractivity contribution in [3.05, 3.63) is 64.4 Å². The molecule has 7 nitrogen and oxygen atoms in total. The number of benzene rings is 2. The van der Waals surface area contributed by atoms with E-state index in [4.69, 9.17) is 11.6 Å². The molecule has 186 valence electrons. The highest BCUT2D eigenvalue weighted by Gasteiger charge is 2.30. The van der Waals surface area contributed by atoms with Crippen LogP contribution >= 0.6 is 11.6 Å². The molecule has 0 saturated carbocycles. The molecule has 10 heteroatoms. The van der Waals surface area contributed by atoms with Crippen molar-refractivity contribution in [3.8, 4) is 0 Å². The fraction of sp³-hybridized carbons (Fsp3) is 0.417. The maximum atomic E-state index is 14.4. The average Bonchev–Trinajstić information content (AvgIpc) is 2.77. The molecule has 0 spiro atoms. The number of hydrogen-bond donors (Lipinski definition) is 1. The van der Waals surface area contributed by atoms with Crippen LogP contribution in [0.25, 0.3) is 0 Å². The molecule has 0 aromatic heterocycles. The number of nitrogens with one attached hydrogen (secondary N) is 1. The smallest absolute Gasteiger partial charge is 0.244 e. The summed E-state index contributed by atoms with van der Waals surface area (Å²) >= 11 is 6.17. The summed E-state index contributed by atoms with van der Waals surface area (Å²) in [5.41, 5.74) is 1.19. The summed E-state index contributed by atoms with van der Waals surface area (Å²) in [6.07, 6.45) is 2.64. The third kappa shape index (κ3) is 7.43. The second-order valence-corrected chi connectivity index (χ2v) is 10.5. The molecule has 0 radical (unpaired) electrons. The van der Waals surface area contributed by atoms with Gasteiger partial charge in [-0.15, -0.1) is 0 Å². The van der Waals surface area contributed by atoms with Crippen LogP contribution in [-0.2, 0) is 26.2 Å². The zero-order chi connectivity index (χ0) is 25.5. The van der Waals surface area contributed by atoms with Crippen molar-refractivity contribution in [2.24, 2.45) is 0 Å². The number of aryl methyl sites for hydroxylation is 1. The summed E-state index contributed by atoms with van der Waals surface area (Å²) in [6, 6.07) is 9.66. The van der Waals surface area contributed by atoms with Crippen LogP contribution in [0.5, 0.6) is 0 Å². The Hall–Kier alpha value is -2.65. The molecular weight excluding hydrogens is 481 g/mol. The molecular formula is C24H31ClFN3O4S. The van der Waals surface area contributed by atoms with Gasteiger partial charge in [-0.1, -0.05) is 49.2 Å². The number of hydrogen-bond acceptors (Lipinski definition) is 4. The van der Waals surface area contributed by atoms with Gasteiger partial charge < -0.3 is 10.2 Å². The maximum Gasteiger partial charge on any atom is 0.244 e. The van der Waals surface area contributed by atoms with Crippen LogP contribution in [0.15, 0.2) is 42.5 Å². The van der Waals surface area contributed by atoms with Crippen molar-refractivity contribution in [1.29, 1.82) is 0 Å². The lowest BCUT2D eigenvalue weighted by Crippen LogP contribution is -2.51. The normalized spacial score (nSPS) is 12.2. The highest BCUT2D eigenvalue weighted by atomic mass is 35.5. The molecule has 0 bridgehead atoms. The largest absolute Gasteiger partial charge is 0.354 e. The Labute approximate surface area is 205 Å². The second-order valence-electron chi connectivity index (χ2n) is 8.14. The number of unbranched alkanes of at least 4 members (excludes halogenated alkanes) is 1. The van der Waals surface area contributed by atoms with Gasteiger partial charge in [0.15, 0.2) is 0 Å². The van der Waals surface area contributed by atoms with Crippen molar-refractivity contribution >= 4 is 39.1 Å². The number of nitrogens with zero attached hydrogens (tertiary/aromatic N) is 2. The lowest BCUT2D eigenvalue weighted by Gasteiger charge is -2.31. The number of rotatable bonds is 11. The Bertz CT molecular complexity index is 1130. The third-order valence-electron chi connectivity index (χ3n) is 5.42. The minimum Gasteiger partial charge on any atom is -0.354 e. The first kappa shape index (κ1) is 27.6. The molecule has 2 amide bonds. The molecule has 1 unspecified atom stereocenters. The van der Waals surface area contributed by atoms with Crippen LogP contribution in [0.2, 0.25) is 5.02 Å². The Morgan fingerprint density at radius 1 is 1.18 bits per heavy atom. The highest BCUT2D eigenvalue weighted by molar-refractivity contribution is 7.92. The van der Waals surface area contributed by atoms with Gasteiger partial charge in [0, 0.05) is 23.7 Å². The predicted octanol–water partition coefficient (Wildman–Crippen LogP) is 3.89. The molecule has 34 heavy (non-hydrogen) atoms. The van der Waals surface area contributed by atoms with Crippen LogP contribution in [0.1, 0.15) is 37.8 Å². The zero-order valence-corrected chi connectivity index (χ0v) is 21.4. The molecule has 2 aromatic rings. The van der Waals surface area contributed by atoms with Gasteiger partial charge in [-0.2, -0.15) is 0 Å². The van der Waals surface area contributed by atoms with Crippen LogP contribution in [0.3, 0.4) is 0 Å². The molecule has 0 aliphatic carbocycles. The van der Waals surface area contributed by atoms with Gasteiger partial charge >= 0.3 is 0 Å². The number of anilines is 1. The molecule has 0 heterocycles. The van der Waals surface area contributed by atoms with E-state index in [2.05, 4.69) is 5.32 Å². The lowest BCUT2D eigenvalue weighted by atomic mass is 10.1. The van der Waals surface area contributed by atoms with Crippen LogP contribution in [0.4, 0.5) is 10.1 Å². The van der Waals surface area contributed by atoms with Gasteiger partial charge in [0.1, 0.15) is 18.4 Å². The Kier molecular flexibility index (Phi) is 9.88. The summed E-state index contributed by atoms with van der Waals surface area (Å²) in [7, 11) is -3.87. The fourth-order valence-electron chi connectivity index (χ4n) is 3.28. The van der Waals surface area contributed by atoms with E-state index in [1.165, 1.54) is 36.1 Å². The van der Waals surface area contributed by atoms with Crippen molar-refractivity contribution in [3.63, 3.8) is 0 Å². The predicted molar refractivity (Wildman–Crippen MR) is 133 cm³/mol. The maximum absolute atomic E-state index is 14.4. The summed E-state index contributed by atoms with van der Waals surface area (Å²) in [4.78, 5) is 27.3. The SMILES string of the molecule is CCCCNC(=O)C(C)N(Cc1ccccc1F)C(=O)CN(c1ccc(C)c(Cl)c1)S(C)(=O)=O. The number of sulfonamides is 1. The minimum atomic E-state index is -3.87. The zero-order valence-electron chi connectivity index (χ0n) is 19.8. The summed E-state index contributed by atoms with van der Waals surface area (Å²) < 4.78 is 40.4. The number of carbonyl (C=O) groups is 2. The monoisotopic (exact) mass is 511 g/mol. The highest BCUT2D eigenvalue weighted by Crippen LogP contribution is 2.25. The Morgan fingerprint density at radius 3 is 2.44 bits per heavy atom. The number of carbonyl (C=O) groups excluding carboxylic acids is 2. The molecule has 0 aliphatic rings. The fourth-order valence-corrected chi connectivity index (χ4v) is 4.30. The minimum absolute atomic E-state index is 0.194. The first-order chi connectivity index (χ1) is 16.0. The van der Waals surface area contributed by atoms with Gasteiger partial charge in [0.25, 0.3) is 0 Å². The van der Waals surface area contributed by atoms with Crippen molar-refractivity contribution in [1.82, 2.24) is 10.2 Å². The van der Waals surface area contributed by atoms with Gasteiger partial charge in [-0.25, -0.2) is 12.8 Å². The number of amides is 2. The van der Waals surface area contributed by atoms with E-state index < -0.39 is 40.2 Å². The van der Waals surface area contributed by atoms with Crippen LogP contribution < -0.4 is 9.62 Å². The van der Waals surface area contributed by atoms with E-state index in [0.29, 0.717) is 11.6 Å². The van der Waals surface area contributed by atoms with Gasteiger partial charge in [-0.05, 0) is 44.0 Å². The molecule has 2 aromatic carbocycles. The molecule has 1 N–H and O–H groups in total. The van der Waals surface area contributed by atoms with Gasteiger partial charge in [0.2, 0.25) is 21.8 Å². The van der Waals surface area contributed by atoms with E-state index in [0.717, 1.165) is 29.0 Å². The molecule has 0 saturated heterocycles. The average molecular weight is 512 g/mol. The van der Waals surface area contributed by atoms with E-state index in [1.807, 2.05) is 6.92 Å². The molecule has 2 rings (SSSR count). The van der Waals surface area contributed by atoms with Gasteiger partial charge in [-0.3, -0.25) is 13.9 Å². The quantitative estimate of drug-likeness (QED) is 0.464. The van der Waals surface area contributed by atoms with E-state index in [9.17, 15) is 22.4 Å².